The zero-order valence-corrected chi connectivity index (χ0v) is 18.7. The van der Waals surface area contributed by atoms with Gasteiger partial charge in [0.25, 0.3) is 0 Å². The molecule has 0 aromatic carbocycles. The topological polar surface area (TPSA) is 51.2 Å². The van der Waals surface area contributed by atoms with Gasteiger partial charge in [-0.05, 0) is 38.6 Å². The minimum absolute atomic E-state index is 0. The molecule has 1 fully saturated rings. The second-order valence-corrected chi connectivity index (χ2v) is 6.61. The van der Waals surface area contributed by atoms with Crippen LogP contribution in [-0.4, -0.2) is 87.0 Å². The van der Waals surface area contributed by atoms with Crippen LogP contribution >= 0.6 is 24.0 Å². The largest absolute Gasteiger partial charge is 0.356 e. The summed E-state index contributed by atoms with van der Waals surface area (Å²) >= 11 is 0. The highest BCUT2D eigenvalue weighted by molar-refractivity contribution is 14.0. The fraction of sp³-hybridized carbons (Fsp3) is 0.778. The molecule has 1 aliphatic rings. The first-order valence-corrected chi connectivity index (χ1v) is 8.99. The average molecular weight is 465 g/mol. The van der Waals surface area contributed by atoms with Crippen LogP contribution in [0.2, 0.25) is 0 Å². The Labute approximate surface area is 170 Å². The lowest BCUT2D eigenvalue weighted by Gasteiger charge is -2.26. The minimum atomic E-state index is 0. The third kappa shape index (κ3) is 8.40. The van der Waals surface area contributed by atoms with Gasteiger partial charge in [0.05, 0.1) is 6.04 Å². The summed E-state index contributed by atoms with van der Waals surface area (Å²) in [7, 11) is 7.56. The van der Waals surface area contributed by atoms with Gasteiger partial charge in [0.1, 0.15) is 0 Å². The van der Waals surface area contributed by atoms with Crippen molar-refractivity contribution in [3.63, 3.8) is 0 Å². The normalized spacial score (nSPS) is 17.8. The third-order valence-electron chi connectivity index (χ3n) is 4.47. The molecule has 1 heterocycles. The van der Waals surface area contributed by atoms with Crippen molar-refractivity contribution < 1.29 is 4.79 Å². The molecule has 7 heteroatoms. The first-order chi connectivity index (χ1) is 11.5. The lowest BCUT2D eigenvalue weighted by molar-refractivity contribution is -0.133. The molecule has 25 heavy (non-hydrogen) atoms. The Balaban J connectivity index is 0.00000576. The number of allylic oxidation sites excluding steroid dienone is 1. The van der Waals surface area contributed by atoms with Crippen molar-refractivity contribution in [2.45, 2.75) is 38.1 Å². The van der Waals surface area contributed by atoms with E-state index in [1.807, 2.05) is 27.2 Å². The number of rotatable bonds is 9. The lowest BCUT2D eigenvalue weighted by atomic mass is 10.2. The van der Waals surface area contributed by atoms with E-state index >= 15 is 0 Å². The number of unbranched alkanes of at least 4 members (excludes halogenated alkanes) is 1. The Morgan fingerprint density at radius 1 is 1.36 bits per heavy atom. The molecule has 1 aliphatic heterocycles. The average Bonchev–Trinajstić information content (AvgIpc) is 3.02. The highest BCUT2D eigenvalue weighted by Crippen LogP contribution is 2.18. The maximum atomic E-state index is 12.2. The summed E-state index contributed by atoms with van der Waals surface area (Å²) in [6.45, 7) is 7.58. The van der Waals surface area contributed by atoms with Gasteiger partial charge in [-0.25, -0.2) is 0 Å². The van der Waals surface area contributed by atoms with Crippen molar-refractivity contribution >= 4 is 35.8 Å². The molecule has 0 bridgehead atoms. The number of hydrogen-bond acceptors (Lipinski definition) is 3. The number of carbonyl (C=O) groups excluding carboxylic acids is 1. The number of amides is 1. The van der Waals surface area contributed by atoms with Gasteiger partial charge >= 0.3 is 0 Å². The van der Waals surface area contributed by atoms with Crippen LogP contribution in [0.15, 0.2) is 17.6 Å². The van der Waals surface area contributed by atoms with Crippen molar-refractivity contribution in [1.29, 1.82) is 0 Å². The molecule has 1 amide bonds. The second kappa shape index (κ2) is 13.4. The number of likely N-dealkylation sites (N-methyl/N-ethyl adjacent to an activating group) is 1. The van der Waals surface area contributed by atoms with Gasteiger partial charge in [-0.1, -0.05) is 6.08 Å². The Bertz CT molecular complexity index is 428. The third-order valence-corrected chi connectivity index (χ3v) is 4.47. The number of nitrogens with zero attached hydrogens (tertiary/aromatic N) is 4. The van der Waals surface area contributed by atoms with Crippen molar-refractivity contribution in [2.24, 2.45) is 4.99 Å². The van der Waals surface area contributed by atoms with Crippen LogP contribution in [0.25, 0.3) is 0 Å². The maximum absolute atomic E-state index is 12.2. The van der Waals surface area contributed by atoms with E-state index in [-0.39, 0.29) is 35.9 Å². The summed E-state index contributed by atoms with van der Waals surface area (Å²) < 4.78 is 0. The van der Waals surface area contributed by atoms with Crippen molar-refractivity contribution in [1.82, 2.24) is 20.0 Å². The molecule has 6 nitrogen and oxygen atoms in total. The predicted octanol–water partition coefficient (Wildman–Crippen LogP) is 2.02. The van der Waals surface area contributed by atoms with Gasteiger partial charge in [-0.15, -0.1) is 30.6 Å². The summed E-state index contributed by atoms with van der Waals surface area (Å²) in [4.78, 5) is 22.7. The van der Waals surface area contributed by atoms with E-state index in [0.717, 1.165) is 64.2 Å². The zero-order valence-electron chi connectivity index (χ0n) is 16.3. The standard InChI is InChI=1S/C18H35N5O.HI/c1-6-7-8-13-22(5)18(19-2)20-12-10-15-23-14-9-11-16(23)17(24)21(3)4;/h6,16H,1,7-15H2,2-5H3,(H,19,20);1H. The molecule has 0 radical (unpaired) electrons. The Hall–Kier alpha value is -0.830. The smallest absolute Gasteiger partial charge is 0.239 e. The molecular weight excluding hydrogens is 429 g/mol. The van der Waals surface area contributed by atoms with Crippen LogP contribution < -0.4 is 5.32 Å². The Morgan fingerprint density at radius 2 is 2.08 bits per heavy atom. The van der Waals surface area contributed by atoms with E-state index in [1.54, 1.807) is 4.90 Å². The molecule has 0 aliphatic carbocycles. The highest BCUT2D eigenvalue weighted by Gasteiger charge is 2.30. The van der Waals surface area contributed by atoms with Gasteiger partial charge < -0.3 is 15.1 Å². The molecule has 0 spiro atoms. The van der Waals surface area contributed by atoms with Crippen molar-refractivity contribution in [3.8, 4) is 0 Å². The first-order valence-electron chi connectivity index (χ1n) is 8.99. The molecular formula is C18H36IN5O. The summed E-state index contributed by atoms with van der Waals surface area (Å²) in [5, 5.41) is 3.41. The number of hydrogen-bond donors (Lipinski definition) is 1. The fourth-order valence-electron chi connectivity index (χ4n) is 3.12. The first kappa shape index (κ1) is 24.2. The van der Waals surface area contributed by atoms with E-state index in [9.17, 15) is 4.79 Å². The molecule has 1 rings (SSSR count). The van der Waals surface area contributed by atoms with Crippen LogP contribution in [0.5, 0.6) is 0 Å². The Kier molecular flexibility index (Phi) is 12.9. The Morgan fingerprint density at radius 3 is 2.68 bits per heavy atom. The van der Waals surface area contributed by atoms with Gasteiger partial charge in [0.15, 0.2) is 5.96 Å². The number of carbonyl (C=O) groups is 1. The van der Waals surface area contributed by atoms with Crippen molar-refractivity contribution in [2.75, 3.05) is 54.4 Å². The summed E-state index contributed by atoms with van der Waals surface area (Å²) in [6.07, 6.45) is 7.17. The van der Waals surface area contributed by atoms with Crippen LogP contribution in [-0.2, 0) is 4.79 Å². The van der Waals surface area contributed by atoms with Crippen LogP contribution in [0.1, 0.15) is 32.1 Å². The molecule has 1 atom stereocenters. The second-order valence-electron chi connectivity index (χ2n) is 6.61. The van der Waals surface area contributed by atoms with E-state index in [4.69, 9.17) is 0 Å². The highest BCUT2D eigenvalue weighted by atomic mass is 127. The summed E-state index contributed by atoms with van der Waals surface area (Å²) in [5.74, 6) is 1.17. The molecule has 1 saturated heterocycles. The lowest BCUT2D eigenvalue weighted by Crippen LogP contribution is -2.44. The maximum Gasteiger partial charge on any atom is 0.239 e. The van der Waals surface area contributed by atoms with Gasteiger partial charge in [-0.3, -0.25) is 14.7 Å². The molecule has 1 unspecified atom stereocenters. The van der Waals surface area contributed by atoms with E-state index < -0.39 is 0 Å². The number of likely N-dealkylation sites (tertiary alicyclic amines) is 1. The van der Waals surface area contributed by atoms with Crippen molar-refractivity contribution in [3.05, 3.63) is 12.7 Å². The van der Waals surface area contributed by atoms with E-state index in [2.05, 4.69) is 33.7 Å². The summed E-state index contributed by atoms with van der Waals surface area (Å²) in [6, 6.07) is 0.0703. The molecule has 0 saturated carbocycles. The minimum Gasteiger partial charge on any atom is -0.356 e. The molecule has 1 N–H and O–H groups in total. The molecule has 0 aromatic heterocycles. The van der Waals surface area contributed by atoms with E-state index in [0.29, 0.717) is 0 Å². The van der Waals surface area contributed by atoms with Crippen LogP contribution in [0.3, 0.4) is 0 Å². The van der Waals surface area contributed by atoms with Gasteiger partial charge in [0, 0.05) is 47.8 Å². The monoisotopic (exact) mass is 465 g/mol. The van der Waals surface area contributed by atoms with Crippen LogP contribution in [0.4, 0.5) is 0 Å². The number of aliphatic imine (C=N–C) groups is 1. The molecule has 146 valence electrons. The van der Waals surface area contributed by atoms with Gasteiger partial charge in [0.2, 0.25) is 5.91 Å². The fourth-order valence-corrected chi connectivity index (χ4v) is 3.12. The SMILES string of the molecule is C=CCCCN(C)C(=NC)NCCCN1CCCC1C(=O)N(C)C.I. The quantitative estimate of drug-likeness (QED) is 0.186. The number of guanidine groups is 1. The zero-order chi connectivity index (χ0) is 17.9. The number of nitrogens with one attached hydrogen (secondary N) is 1. The predicted molar refractivity (Wildman–Crippen MR) is 117 cm³/mol. The van der Waals surface area contributed by atoms with Crippen LogP contribution in [0, 0.1) is 0 Å². The number of halogens is 1. The van der Waals surface area contributed by atoms with Gasteiger partial charge in [-0.2, -0.15) is 0 Å². The van der Waals surface area contributed by atoms with E-state index in [1.165, 1.54) is 0 Å². The molecule has 0 aromatic rings. The summed E-state index contributed by atoms with van der Waals surface area (Å²) in [5.41, 5.74) is 0.